The zero-order valence-corrected chi connectivity index (χ0v) is 13.1. The number of hydrogen-bond acceptors (Lipinski definition) is 3. The highest BCUT2D eigenvalue weighted by Crippen LogP contribution is 2.29. The molecule has 0 bridgehead atoms. The molecule has 3 atom stereocenters. The van der Waals surface area contributed by atoms with Crippen LogP contribution in [-0.2, 0) is 10.0 Å². The fourth-order valence-electron chi connectivity index (χ4n) is 2.88. The van der Waals surface area contributed by atoms with Gasteiger partial charge in [0, 0.05) is 6.04 Å². The molecule has 0 aliphatic heterocycles. The largest absolute Gasteiger partial charge is 0.478 e. The van der Waals surface area contributed by atoms with E-state index < -0.39 is 16.0 Å². The molecule has 0 amide bonds. The summed E-state index contributed by atoms with van der Waals surface area (Å²) < 4.78 is 27.5. The summed E-state index contributed by atoms with van der Waals surface area (Å²) in [5, 5.41) is 8.83. The number of nitrogens with one attached hydrogen (secondary N) is 1. The van der Waals surface area contributed by atoms with E-state index in [4.69, 9.17) is 5.11 Å². The van der Waals surface area contributed by atoms with Gasteiger partial charge in [-0.3, -0.25) is 0 Å². The smallest absolute Gasteiger partial charge is 0.335 e. The molecule has 1 fully saturated rings. The van der Waals surface area contributed by atoms with Crippen LogP contribution < -0.4 is 4.72 Å². The van der Waals surface area contributed by atoms with Crippen LogP contribution in [0.3, 0.4) is 0 Å². The van der Waals surface area contributed by atoms with Crippen molar-refractivity contribution in [1.82, 2.24) is 4.72 Å². The van der Waals surface area contributed by atoms with Crippen LogP contribution in [0.4, 0.5) is 0 Å². The van der Waals surface area contributed by atoms with E-state index in [2.05, 4.69) is 18.6 Å². The van der Waals surface area contributed by atoms with E-state index in [0.717, 1.165) is 19.3 Å². The number of carboxylic acid groups (broad SMARTS) is 1. The molecular formula is C15H21NO4S. The first-order valence-electron chi connectivity index (χ1n) is 7.15. The van der Waals surface area contributed by atoms with Crippen molar-refractivity contribution < 1.29 is 18.3 Å². The van der Waals surface area contributed by atoms with Crippen LogP contribution in [0.25, 0.3) is 0 Å². The molecule has 1 saturated carbocycles. The Bertz CT molecular complexity index is 609. The predicted octanol–water partition coefficient (Wildman–Crippen LogP) is 2.49. The Morgan fingerprint density at radius 2 is 1.81 bits per heavy atom. The highest BCUT2D eigenvalue weighted by Gasteiger charge is 2.29. The molecule has 0 spiro atoms. The highest BCUT2D eigenvalue weighted by atomic mass is 32.2. The van der Waals surface area contributed by atoms with Crippen molar-refractivity contribution in [3.8, 4) is 0 Å². The van der Waals surface area contributed by atoms with Crippen LogP contribution in [0.1, 0.15) is 43.5 Å². The van der Waals surface area contributed by atoms with Gasteiger partial charge in [0.25, 0.3) is 0 Å². The van der Waals surface area contributed by atoms with E-state index in [1.54, 1.807) is 0 Å². The standard InChI is InChI=1S/C15H21NO4S/c1-10-3-8-14(11(2)9-10)16-21(19,20)13-6-4-12(5-7-13)15(17)18/h4-7,10-11,14,16H,3,8-9H2,1-2H3,(H,17,18). The molecule has 6 heteroatoms. The summed E-state index contributed by atoms with van der Waals surface area (Å²) in [6, 6.07) is 5.24. The lowest BCUT2D eigenvalue weighted by molar-refractivity contribution is 0.0696. The van der Waals surface area contributed by atoms with Crippen LogP contribution in [0, 0.1) is 11.8 Å². The molecule has 0 radical (unpaired) electrons. The lowest BCUT2D eigenvalue weighted by Gasteiger charge is -2.32. The Hall–Kier alpha value is -1.40. The third-order valence-corrected chi connectivity index (χ3v) is 5.66. The van der Waals surface area contributed by atoms with Crippen LogP contribution in [0.5, 0.6) is 0 Å². The molecule has 1 aliphatic carbocycles. The maximum Gasteiger partial charge on any atom is 0.335 e. The first-order valence-corrected chi connectivity index (χ1v) is 8.63. The maximum atomic E-state index is 12.4. The van der Waals surface area contributed by atoms with Crippen molar-refractivity contribution in [1.29, 1.82) is 0 Å². The van der Waals surface area contributed by atoms with E-state index in [1.807, 2.05) is 0 Å². The number of hydrogen-bond donors (Lipinski definition) is 2. The van der Waals surface area contributed by atoms with E-state index in [9.17, 15) is 13.2 Å². The summed E-state index contributed by atoms with van der Waals surface area (Å²) in [5.74, 6) is -0.126. The van der Waals surface area contributed by atoms with Crippen molar-refractivity contribution in [2.24, 2.45) is 11.8 Å². The second-order valence-corrected chi connectivity index (χ2v) is 7.67. The minimum absolute atomic E-state index is 0.0506. The Morgan fingerprint density at radius 3 is 2.33 bits per heavy atom. The fourth-order valence-corrected chi connectivity index (χ4v) is 4.26. The van der Waals surface area contributed by atoms with Crippen molar-refractivity contribution in [3.63, 3.8) is 0 Å². The predicted molar refractivity (Wildman–Crippen MR) is 79.7 cm³/mol. The SMILES string of the molecule is CC1CCC(NS(=O)(=O)c2ccc(C(=O)O)cc2)C(C)C1. The second kappa shape index (κ2) is 6.15. The number of carboxylic acids is 1. The minimum Gasteiger partial charge on any atom is -0.478 e. The molecule has 2 N–H and O–H groups in total. The molecule has 0 heterocycles. The van der Waals surface area contributed by atoms with Gasteiger partial charge in [-0.15, -0.1) is 0 Å². The van der Waals surface area contributed by atoms with Crippen molar-refractivity contribution in [2.45, 2.75) is 44.0 Å². The van der Waals surface area contributed by atoms with Crippen molar-refractivity contribution >= 4 is 16.0 Å². The topological polar surface area (TPSA) is 83.5 Å². The molecule has 1 aliphatic rings. The van der Waals surface area contributed by atoms with Gasteiger partial charge in [-0.2, -0.15) is 0 Å². The van der Waals surface area contributed by atoms with Gasteiger partial charge in [-0.25, -0.2) is 17.9 Å². The Balaban J connectivity index is 2.13. The van der Waals surface area contributed by atoms with Gasteiger partial charge in [-0.1, -0.05) is 13.8 Å². The average Bonchev–Trinajstić information content (AvgIpc) is 2.42. The summed E-state index contributed by atoms with van der Waals surface area (Å²) in [7, 11) is -3.60. The first-order chi connectivity index (χ1) is 9.79. The summed E-state index contributed by atoms with van der Waals surface area (Å²) >= 11 is 0. The summed E-state index contributed by atoms with van der Waals surface area (Å²) in [5.41, 5.74) is 0.0776. The zero-order chi connectivity index (χ0) is 15.6. The number of aromatic carboxylic acids is 1. The van der Waals surface area contributed by atoms with Crippen LogP contribution in [0.2, 0.25) is 0 Å². The number of benzene rings is 1. The molecule has 2 rings (SSSR count). The van der Waals surface area contributed by atoms with Crippen molar-refractivity contribution in [3.05, 3.63) is 29.8 Å². The van der Waals surface area contributed by atoms with Gasteiger partial charge in [-0.05, 0) is 55.4 Å². The van der Waals surface area contributed by atoms with Crippen molar-refractivity contribution in [2.75, 3.05) is 0 Å². The average molecular weight is 311 g/mol. The molecule has 0 saturated heterocycles. The number of rotatable bonds is 4. The van der Waals surface area contributed by atoms with E-state index >= 15 is 0 Å². The van der Waals surface area contributed by atoms with Gasteiger partial charge in [0.2, 0.25) is 10.0 Å². The lowest BCUT2D eigenvalue weighted by atomic mass is 9.80. The Morgan fingerprint density at radius 1 is 1.19 bits per heavy atom. The third kappa shape index (κ3) is 3.83. The van der Waals surface area contributed by atoms with Crippen LogP contribution in [0.15, 0.2) is 29.2 Å². The van der Waals surface area contributed by atoms with Gasteiger partial charge in [0.05, 0.1) is 10.5 Å². The molecule has 1 aromatic rings. The molecule has 1 aromatic carbocycles. The quantitative estimate of drug-likeness (QED) is 0.895. The summed E-state index contributed by atoms with van der Waals surface area (Å²) in [6.45, 7) is 4.25. The summed E-state index contributed by atoms with van der Waals surface area (Å²) in [4.78, 5) is 10.9. The lowest BCUT2D eigenvalue weighted by Crippen LogP contribution is -2.42. The second-order valence-electron chi connectivity index (χ2n) is 5.95. The first kappa shape index (κ1) is 16.0. The molecule has 21 heavy (non-hydrogen) atoms. The third-order valence-electron chi connectivity index (χ3n) is 4.15. The Labute approximate surface area is 125 Å². The van der Waals surface area contributed by atoms with E-state index in [1.165, 1.54) is 24.3 Å². The zero-order valence-electron chi connectivity index (χ0n) is 12.2. The fraction of sp³-hybridized carbons (Fsp3) is 0.533. The van der Waals surface area contributed by atoms with E-state index in [-0.39, 0.29) is 16.5 Å². The Kier molecular flexibility index (Phi) is 4.68. The monoisotopic (exact) mass is 311 g/mol. The van der Waals surface area contributed by atoms with Gasteiger partial charge in [0.1, 0.15) is 0 Å². The molecule has 3 unspecified atom stereocenters. The molecule has 116 valence electrons. The maximum absolute atomic E-state index is 12.4. The number of sulfonamides is 1. The van der Waals surface area contributed by atoms with Crippen LogP contribution >= 0.6 is 0 Å². The summed E-state index contributed by atoms with van der Waals surface area (Å²) in [6.07, 6.45) is 2.88. The van der Waals surface area contributed by atoms with Gasteiger partial charge in [0.15, 0.2) is 0 Å². The number of carbonyl (C=O) groups is 1. The van der Waals surface area contributed by atoms with Gasteiger partial charge < -0.3 is 5.11 Å². The normalized spacial score (nSPS) is 26.5. The highest BCUT2D eigenvalue weighted by molar-refractivity contribution is 7.89. The minimum atomic E-state index is -3.60. The molecule has 5 nitrogen and oxygen atoms in total. The van der Waals surface area contributed by atoms with Crippen LogP contribution in [-0.4, -0.2) is 25.5 Å². The molecule has 0 aromatic heterocycles. The van der Waals surface area contributed by atoms with E-state index in [0.29, 0.717) is 11.8 Å². The molecular weight excluding hydrogens is 290 g/mol. The van der Waals surface area contributed by atoms with Gasteiger partial charge >= 0.3 is 5.97 Å².